The number of hydrogen-bond donors (Lipinski definition) is 3. The molecule has 8 nitrogen and oxygen atoms in total. The van der Waals surface area contributed by atoms with Crippen molar-refractivity contribution >= 4 is 17.9 Å². The van der Waals surface area contributed by atoms with Gasteiger partial charge in [0.1, 0.15) is 5.60 Å². The fraction of sp³-hybridized carbons (Fsp3) is 0.769. The lowest BCUT2D eigenvalue weighted by Crippen LogP contribution is -2.41. The maximum Gasteiger partial charge on any atom is 0.414 e. The molecule has 0 radical (unpaired) electrons. The quantitative estimate of drug-likeness (QED) is 0.501. The third kappa shape index (κ3) is 11.8. The lowest BCUT2D eigenvalue weighted by atomic mass is 10.1. The summed E-state index contributed by atoms with van der Waals surface area (Å²) in [4.78, 5) is 29.6. The van der Waals surface area contributed by atoms with Crippen molar-refractivity contribution in [2.45, 2.75) is 45.3 Å². The van der Waals surface area contributed by atoms with Crippen LogP contribution in [-0.4, -0.2) is 59.5 Å². The van der Waals surface area contributed by atoms with Crippen molar-refractivity contribution in [3.8, 4) is 0 Å². The Morgan fingerprint density at radius 1 is 1.24 bits per heavy atom. The zero-order chi connectivity index (χ0) is 16.5. The van der Waals surface area contributed by atoms with E-state index >= 15 is 0 Å². The summed E-state index contributed by atoms with van der Waals surface area (Å²) in [5.41, 5.74) is -0.381. The minimum Gasteiger partial charge on any atom is -0.473 e. The highest BCUT2D eigenvalue weighted by Crippen LogP contribution is 2.10. The first-order valence-corrected chi connectivity index (χ1v) is 6.61. The third-order valence-corrected chi connectivity index (χ3v) is 2.30. The van der Waals surface area contributed by atoms with Gasteiger partial charge in [-0.1, -0.05) is 0 Å². The van der Waals surface area contributed by atoms with E-state index in [2.05, 4.69) is 5.32 Å². The molecule has 1 rings (SSSR count). The van der Waals surface area contributed by atoms with Crippen molar-refractivity contribution in [2.24, 2.45) is 0 Å². The van der Waals surface area contributed by atoms with Crippen LogP contribution in [0.2, 0.25) is 0 Å². The molecule has 1 aliphatic rings. The van der Waals surface area contributed by atoms with Gasteiger partial charge < -0.3 is 25.0 Å². The van der Waals surface area contributed by atoms with E-state index in [1.807, 2.05) is 20.8 Å². The van der Waals surface area contributed by atoms with Gasteiger partial charge in [-0.05, 0) is 27.2 Å². The van der Waals surface area contributed by atoms with E-state index in [0.717, 1.165) is 19.6 Å². The Hall–Kier alpha value is -1.67. The van der Waals surface area contributed by atoms with E-state index in [4.69, 9.17) is 29.3 Å². The normalized spacial score (nSPS) is 18.1. The molecular weight excluding hydrogens is 282 g/mol. The molecule has 3 N–H and O–H groups in total. The lowest BCUT2D eigenvalue weighted by molar-refractivity contribution is -0.159. The van der Waals surface area contributed by atoms with Crippen molar-refractivity contribution in [3.05, 3.63) is 0 Å². The number of morpholine rings is 1. The van der Waals surface area contributed by atoms with Crippen molar-refractivity contribution in [1.82, 2.24) is 5.32 Å². The molecule has 0 spiro atoms. The fourth-order valence-electron chi connectivity index (χ4n) is 1.49. The van der Waals surface area contributed by atoms with Crippen LogP contribution in [0.5, 0.6) is 0 Å². The van der Waals surface area contributed by atoms with E-state index in [9.17, 15) is 4.79 Å². The van der Waals surface area contributed by atoms with Crippen LogP contribution in [0.3, 0.4) is 0 Å². The van der Waals surface area contributed by atoms with Crippen LogP contribution in [0.15, 0.2) is 0 Å². The smallest absolute Gasteiger partial charge is 0.414 e. The van der Waals surface area contributed by atoms with Gasteiger partial charge in [-0.25, -0.2) is 9.59 Å². The molecule has 0 aromatic rings. The summed E-state index contributed by atoms with van der Waals surface area (Å²) >= 11 is 0. The van der Waals surface area contributed by atoms with Crippen molar-refractivity contribution in [3.63, 3.8) is 0 Å². The van der Waals surface area contributed by atoms with Gasteiger partial charge in [0.25, 0.3) is 0 Å². The molecule has 1 unspecified atom stereocenters. The molecule has 1 atom stereocenters. The highest BCUT2D eigenvalue weighted by Gasteiger charge is 2.19. The second kappa shape index (κ2) is 9.30. The second-order valence-electron chi connectivity index (χ2n) is 5.46. The SMILES string of the molecule is CC(C)(C)OC(=O)CCC1COCCN1.O=C(O)C(=O)O. The topological polar surface area (TPSA) is 122 Å². The van der Waals surface area contributed by atoms with Gasteiger partial charge in [0, 0.05) is 19.0 Å². The molecule has 1 heterocycles. The molecule has 0 aromatic heterocycles. The predicted molar refractivity (Wildman–Crippen MR) is 73.0 cm³/mol. The Bertz CT molecular complexity index is 344. The van der Waals surface area contributed by atoms with Crippen LogP contribution >= 0.6 is 0 Å². The van der Waals surface area contributed by atoms with Gasteiger partial charge in [0.05, 0.1) is 13.2 Å². The van der Waals surface area contributed by atoms with Gasteiger partial charge >= 0.3 is 17.9 Å². The average molecular weight is 305 g/mol. The first kappa shape index (κ1) is 19.3. The molecule has 0 bridgehead atoms. The van der Waals surface area contributed by atoms with Gasteiger partial charge in [-0.3, -0.25) is 4.79 Å². The number of carbonyl (C=O) groups excluding carboxylic acids is 1. The number of rotatable bonds is 3. The number of hydrogen-bond acceptors (Lipinski definition) is 6. The Kier molecular flexibility index (Phi) is 8.56. The average Bonchev–Trinajstić information content (AvgIpc) is 2.36. The number of carboxylic acid groups (broad SMARTS) is 2. The molecule has 1 fully saturated rings. The molecule has 1 aliphatic heterocycles. The van der Waals surface area contributed by atoms with E-state index in [1.54, 1.807) is 0 Å². The summed E-state index contributed by atoms with van der Waals surface area (Å²) < 4.78 is 10.5. The first-order valence-electron chi connectivity index (χ1n) is 6.61. The molecule has 122 valence electrons. The zero-order valence-electron chi connectivity index (χ0n) is 12.5. The number of carboxylic acids is 2. The zero-order valence-corrected chi connectivity index (χ0v) is 12.5. The van der Waals surface area contributed by atoms with Crippen LogP contribution < -0.4 is 5.32 Å². The molecule has 1 saturated heterocycles. The van der Waals surface area contributed by atoms with Crippen LogP contribution in [0, 0.1) is 0 Å². The van der Waals surface area contributed by atoms with E-state index in [-0.39, 0.29) is 11.6 Å². The fourth-order valence-corrected chi connectivity index (χ4v) is 1.49. The standard InChI is InChI=1S/C11H21NO3.C2H2O4/c1-11(2,3)15-10(13)5-4-9-8-14-7-6-12-9;3-1(4)2(5)6/h9,12H,4-8H2,1-3H3;(H,3,4)(H,5,6). The van der Waals surface area contributed by atoms with E-state index < -0.39 is 11.9 Å². The maximum absolute atomic E-state index is 11.4. The number of esters is 1. The summed E-state index contributed by atoms with van der Waals surface area (Å²) in [5.74, 6) is -3.78. The van der Waals surface area contributed by atoms with Gasteiger partial charge in [0.15, 0.2) is 0 Å². The van der Waals surface area contributed by atoms with E-state index in [0.29, 0.717) is 19.1 Å². The van der Waals surface area contributed by atoms with Crippen LogP contribution in [0.1, 0.15) is 33.6 Å². The minimum atomic E-state index is -1.82. The van der Waals surface area contributed by atoms with Gasteiger partial charge in [0.2, 0.25) is 0 Å². The highest BCUT2D eigenvalue weighted by molar-refractivity contribution is 6.27. The highest BCUT2D eigenvalue weighted by atomic mass is 16.6. The summed E-state index contributed by atoms with van der Waals surface area (Å²) in [7, 11) is 0. The Labute approximate surface area is 123 Å². The summed E-state index contributed by atoms with van der Waals surface area (Å²) in [5, 5.41) is 18.1. The number of ether oxygens (including phenoxy) is 2. The predicted octanol–water partition coefficient (Wildman–Crippen LogP) is 0.252. The molecule has 0 aromatic carbocycles. The molecule has 21 heavy (non-hydrogen) atoms. The van der Waals surface area contributed by atoms with Crippen molar-refractivity contribution < 1.29 is 34.1 Å². The molecule has 0 amide bonds. The first-order chi connectivity index (χ1) is 9.61. The lowest BCUT2D eigenvalue weighted by Gasteiger charge is -2.24. The number of nitrogens with one attached hydrogen (secondary N) is 1. The molecular formula is C13H23NO7. The van der Waals surface area contributed by atoms with Crippen LogP contribution in [0.4, 0.5) is 0 Å². The van der Waals surface area contributed by atoms with Gasteiger partial charge in [-0.2, -0.15) is 0 Å². The number of aliphatic carboxylic acids is 2. The summed E-state index contributed by atoms with van der Waals surface area (Å²) in [6, 6.07) is 0.297. The minimum absolute atomic E-state index is 0.130. The second-order valence-corrected chi connectivity index (χ2v) is 5.46. The Morgan fingerprint density at radius 3 is 2.19 bits per heavy atom. The molecule has 0 saturated carbocycles. The Morgan fingerprint density at radius 2 is 1.81 bits per heavy atom. The van der Waals surface area contributed by atoms with Crippen molar-refractivity contribution in [2.75, 3.05) is 19.8 Å². The maximum atomic E-state index is 11.4. The summed E-state index contributed by atoms with van der Waals surface area (Å²) in [6.07, 6.45) is 1.24. The largest absolute Gasteiger partial charge is 0.473 e. The van der Waals surface area contributed by atoms with Crippen LogP contribution in [-0.2, 0) is 23.9 Å². The van der Waals surface area contributed by atoms with Crippen LogP contribution in [0.25, 0.3) is 0 Å². The molecule has 8 heteroatoms. The van der Waals surface area contributed by atoms with Gasteiger partial charge in [-0.15, -0.1) is 0 Å². The monoisotopic (exact) mass is 305 g/mol. The Balaban J connectivity index is 0.000000567. The third-order valence-electron chi connectivity index (χ3n) is 2.30. The van der Waals surface area contributed by atoms with Crippen molar-refractivity contribution in [1.29, 1.82) is 0 Å². The number of carbonyl (C=O) groups is 3. The van der Waals surface area contributed by atoms with E-state index in [1.165, 1.54) is 0 Å². The molecule has 0 aliphatic carbocycles. The summed E-state index contributed by atoms with van der Waals surface area (Å²) in [6.45, 7) is 7.98.